The molecule has 1 N–H and O–H groups in total. The van der Waals surface area contributed by atoms with Crippen LogP contribution in [0.4, 0.5) is 11.4 Å². The molecule has 2 aliphatic rings. The Balaban J connectivity index is 1.51. The van der Waals surface area contributed by atoms with Crippen molar-refractivity contribution >= 4 is 21.2 Å². The van der Waals surface area contributed by atoms with E-state index in [1.807, 2.05) is 0 Å². The number of nitro groups is 1. The molecule has 0 spiro atoms. The zero-order valence-corrected chi connectivity index (χ0v) is 14.5. The molecule has 130 valence electrons. The van der Waals surface area contributed by atoms with Crippen LogP contribution < -0.4 is 5.32 Å². The lowest BCUT2D eigenvalue weighted by Crippen LogP contribution is -2.10. The highest BCUT2D eigenvalue weighted by molar-refractivity contribution is 7.90. The van der Waals surface area contributed by atoms with E-state index in [0.29, 0.717) is 30.0 Å². The van der Waals surface area contributed by atoms with Gasteiger partial charge in [0, 0.05) is 18.9 Å². The van der Waals surface area contributed by atoms with E-state index in [0.717, 1.165) is 18.7 Å². The largest absolute Gasteiger partial charge is 0.379 e. The third kappa shape index (κ3) is 2.78. The fourth-order valence-corrected chi connectivity index (χ4v) is 4.67. The number of hydrogen-bond donors (Lipinski definition) is 1. The van der Waals surface area contributed by atoms with E-state index in [2.05, 4.69) is 29.6 Å². The van der Waals surface area contributed by atoms with E-state index in [1.54, 1.807) is 0 Å². The minimum absolute atomic E-state index is 0.0398. The van der Waals surface area contributed by atoms with Crippen LogP contribution in [0.5, 0.6) is 0 Å². The lowest BCUT2D eigenvalue weighted by Gasteiger charge is -2.11. The van der Waals surface area contributed by atoms with Crippen LogP contribution in [0.25, 0.3) is 0 Å². The molecular weight excluding hydrogens is 340 g/mol. The summed E-state index contributed by atoms with van der Waals surface area (Å²) in [6.07, 6.45) is 2.12. The summed E-state index contributed by atoms with van der Waals surface area (Å²) in [5.41, 5.74) is 2.99. The third-order valence-electron chi connectivity index (χ3n) is 5.32. The SMILES string of the molecule is CS(=O)(=O)c1ccc(NCC2C3Cc4ccccc4C23)c([N+](=O)[O-])c1. The van der Waals surface area contributed by atoms with Crippen molar-refractivity contribution in [2.75, 3.05) is 18.1 Å². The van der Waals surface area contributed by atoms with Crippen LogP contribution >= 0.6 is 0 Å². The predicted molar refractivity (Wildman–Crippen MR) is 94.6 cm³/mol. The lowest BCUT2D eigenvalue weighted by atomic mass is 10.0. The van der Waals surface area contributed by atoms with Gasteiger partial charge in [0.25, 0.3) is 5.69 Å². The minimum Gasteiger partial charge on any atom is -0.379 e. The standard InChI is InChI=1S/C18H18N2O4S/c1-25(23,24)12-6-7-16(17(9-12)20(21)22)19-10-15-14-8-11-4-2-3-5-13(11)18(14)15/h2-7,9,14-15,18-19H,8,10H2,1H3. The number of anilines is 1. The van der Waals surface area contributed by atoms with Gasteiger partial charge in [-0.2, -0.15) is 0 Å². The van der Waals surface area contributed by atoms with Gasteiger partial charge in [0.15, 0.2) is 9.84 Å². The molecule has 0 aliphatic heterocycles. The molecule has 3 atom stereocenters. The van der Waals surface area contributed by atoms with E-state index >= 15 is 0 Å². The van der Waals surface area contributed by atoms with Crippen LogP contribution in [0.3, 0.4) is 0 Å². The molecule has 0 amide bonds. The number of hydrogen-bond acceptors (Lipinski definition) is 5. The molecule has 0 saturated heterocycles. The Morgan fingerprint density at radius 3 is 2.72 bits per heavy atom. The van der Waals surface area contributed by atoms with E-state index in [1.165, 1.54) is 23.3 Å². The maximum atomic E-state index is 11.6. The molecule has 25 heavy (non-hydrogen) atoms. The molecule has 4 rings (SSSR count). The quantitative estimate of drug-likeness (QED) is 0.655. The van der Waals surface area contributed by atoms with Gasteiger partial charge < -0.3 is 5.32 Å². The minimum atomic E-state index is -3.47. The van der Waals surface area contributed by atoms with Crippen molar-refractivity contribution in [1.29, 1.82) is 0 Å². The molecule has 1 saturated carbocycles. The van der Waals surface area contributed by atoms with Crippen LogP contribution in [-0.4, -0.2) is 26.1 Å². The number of nitrogens with zero attached hydrogens (tertiary/aromatic N) is 1. The molecular formula is C18H18N2O4S. The van der Waals surface area contributed by atoms with Crippen molar-refractivity contribution in [2.45, 2.75) is 17.2 Å². The number of nitrogens with one attached hydrogen (secondary N) is 1. The number of fused-ring (bicyclic) bond motifs is 3. The second-order valence-corrected chi connectivity index (χ2v) is 8.86. The topological polar surface area (TPSA) is 89.3 Å². The molecule has 3 unspecified atom stereocenters. The first-order valence-electron chi connectivity index (χ1n) is 8.16. The molecule has 2 aromatic rings. The Labute approximate surface area is 145 Å². The van der Waals surface area contributed by atoms with Gasteiger partial charge in [-0.15, -0.1) is 0 Å². The van der Waals surface area contributed by atoms with Crippen molar-refractivity contribution in [3.05, 3.63) is 63.7 Å². The van der Waals surface area contributed by atoms with Crippen molar-refractivity contribution in [3.63, 3.8) is 0 Å². The number of sulfone groups is 1. The normalized spacial score (nSPS) is 23.6. The highest BCUT2D eigenvalue weighted by Gasteiger charge is 2.54. The first kappa shape index (κ1) is 16.1. The van der Waals surface area contributed by atoms with E-state index < -0.39 is 14.8 Å². The van der Waals surface area contributed by atoms with Crippen molar-refractivity contribution in [1.82, 2.24) is 0 Å². The van der Waals surface area contributed by atoms with Crippen LogP contribution in [-0.2, 0) is 16.3 Å². The average Bonchev–Trinajstić information content (AvgIpc) is 3.10. The highest BCUT2D eigenvalue weighted by atomic mass is 32.2. The Morgan fingerprint density at radius 1 is 1.24 bits per heavy atom. The molecule has 0 aromatic heterocycles. The van der Waals surface area contributed by atoms with Crippen LogP contribution in [0, 0.1) is 22.0 Å². The fourth-order valence-electron chi connectivity index (χ4n) is 4.03. The van der Waals surface area contributed by atoms with Crippen molar-refractivity contribution in [2.24, 2.45) is 11.8 Å². The maximum Gasteiger partial charge on any atom is 0.293 e. The zero-order valence-electron chi connectivity index (χ0n) is 13.7. The van der Waals surface area contributed by atoms with Gasteiger partial charge in [-0.25, -0.2) is 8.42 Å². The monoisotopic (exact) mass is 358 g/mol. The van der Waals surface area contributed by atoms with Gasteiger partial charge in [-0.1, -0.05) is 24.3 Å². The predicted octanol–water partition coefficient (Wildman–Crippen LogP) is 3.00. The summed E-state index contributed by atoms with van der Waals surface area (Å²) < 4.78 is 23.2. The van der Waals surface area contributed by atoms with E-state index in [4.69, 9.17) is 0 Å². The molecule has 0 radical (unpaired) electrons. The summed E-state index contributed by atoms with van der Waals surface area (Å²) in [5.74, 6) is 1.63. The molecule has 6 nitrogen and oxygen atoms in total. The highest BCUT2D eigenvalue weighted by Crippen LogP contribution is 2.61. The maximum absolute atomic E-state index is 11.6. The molecule has 2 aliphatic carbocycles. The molecule has 0 heterocycles. The summed E-state index contributed by atoms with van der Waals surface area (Å²) >= 11 is 0. The third-order valence-corrected chi connectivity index (χ3v) is 6.43. The number of nitro benzene ring substituents is 1. The summed E-state index contributed by atoms with van der Waals surface area (Å²) in [5, 5.41) is 14.4. The second kappa shape index (κ2) is 5.56. The second-order valence-electron chi connectivity index (χ2n) is 6.85. The molecule has 7 heteroatoms. The Kier molecular flexibility index (Phi) is 3.57. The van der Waals surface area contributed by atoms with Gasteiger partial charge in [0.2, 0.25) is 0 Å². The zero-order chi connectivity index (χ0) is 17.8. The lowest BCUT2D eigenvalue weighted by molar-refractivity contribution is -0.384. The first-order valence-corrected chi connectivity index (χ1v) is 10.1. The Hall–Kier alpha value is -2.41. The Morgan fingerprint density at radius 2 is 2.00 bits per heavy atom. The molecule has 1 fully saturated rings. The average molecular weight is 358 g/mol. The smallest absolute Gasteiger partial charge is 0.293 e. The number of rotatable bonds is 5. The summed E-state index contributed by atoms with van der Waals surface area (Å²) in [4.78, 5) is 10.7. The molecule has 2 aromatic carbocycles. The number of benzene rings is 2. The fraction of sp³-hybridized carbons (Fsp3) is 0.333. The van der Waals surface area contributed by atoms with Gasteiger partial charge in [0.1, 0.15) is 5.69 Å². The molecule has 0 bridgehead atoms. The van der Waals surface area contributed by atoms with Gasteiger partial charge in [0.05, 0.1) is 9.82 Å². The van der Waals surface area contributed by atoms with Crippen molar-refractivity contribution < 1.29 is 13.3 Å². The van der Waals surface area contributed by atoms with Crippen LogP contribution in [0.15, 0.2) is 47.4 Å². The summed E-state index contributed by atoms with van der Waals surface area (Å²) in [6.45, 7) is 0.655. The van der Waals surface area contributed by atoms with Gasteiger partial charge >= 0.3 is 0 Å². The van der Waals surface area contributed by atoms with E-state index in [-0.39, 0.29) is 10.6 Å². The van der Waals surface area contributed by atoms with Gasteiger partial charge in [-0.3, -0.25) is 10.1 Å². The van der Waals surface area contributed by atoms with Gasteiger partial charge in [-0.05, 0) is 47.4 Å². The van der Waals surface area contributed by atoms with Crippen molar-refractivity contribution in [3.8, 4) is 0 Å². The van der Waals surface area contributed by atoms with Crippen LogP contribution in [0.2, 0.25) is 0 Å². The summed E-state index contributed by atoms with van der Waals surface area (Å²) in [6, 6.07) is 12.5. The van der Waals surface area contributed by atoms with E-state index in [9.17, 15) is 18.5 Å². The first-order chi connectivity index (χ1) is 11.9. The Bertz CT molecular complexity index is 971. The van der Waals surface area contributed by atoms with Crippen LogP contribution in [0.1, 0.15) is 17.0 Å². The summed E-state index contributed by atoms with van der Waals surface area (Å²) in [7, 11) is -3.47.